The lowest BCUT2D eigenvalue weighted by Crippen LogP contribution is -2.47. The van der Waals surface area contributed by atoms with Crippen LogP contribution in [0.5, 0.6) is 0 Å². The van der Waals surface area contributed by atoms with E-state index in [1.165, 1.54) is 0 Å². The maximum atomic E-state index is 12.0. The zero-order chi connectivity index (χ0) is 16.8. The van der Waals surface area contributed by atoms with Gasteiger partial charge in [0.2, 0.25) is 5.91 Å². The van der Waals surface area contributed by atoms with Crippen molar-refractivity contribution in [1.29, 1.82) is 0 Å². The topological polar surface area (TPSA) is 60.9 Å². The summed E-state index contributed by atoms with van der Waals surface area (Å²) >= 11 is 0. The van der Waals surface area contributed by atoms with Crippen LogP contribution in [-0.4, -0.2) is 60.4 Å². The molecular formula is C18H26N2O4. The second kappa shape index (κ2) is 8.05. The lowest BCUT2D eigenvalue weighted by molar-refractivity contribution is -0.140. The van der Waals surface area contributed by atoms with Crippen molar-refractivity contribution in [3.8, 4) is 0 Å². The highest BCUT2D eigenvalue weighted by molar-refractivity contribution is 5.77. The van der Waals surface area contributed by atoms with Gasteiger partial charge in [-0.25, -0.2) is 0 Å². The third-order valence-corrected chi connectivity index (χ3v) is 4.87. The third kappa shape index (κ3) is 4.32. The van der Waals surface area contributed by atoms with Crippen LogP contribution in [-0.2, 0) is 25.6 Å². The summed E-state index contributed by atoms with van der Waals surface area (Å²) in [4.78, 5) is 17.9. The number of likely N-dealkylation sites (tertiary alicyclic amines) is 1. The molecule has 0 aromatic carbocycles. The van der Waals surface area contributed by atoms with Crippen molar-refractivity contribution in [2.45, 2.75) is 44.5 Å². The largest absolute Gasteiger partial charge is 0.372 e. The third-order valence-electron chi connectivity index (χ3n) is 4.87. The van der Waals surface area contributed by atoms with Crippen molar-refractivity contribution >= 4 is 5.91 Å². The summed E-state index contributed by atoms with van der Waals surface area (Å²) in [5.74, 6) is 0.0789. The molecule has 6 nitrogen and oxygen atoms in total. The van der Waals surface area contributed by atoms with Crippen LogP contribution in [0.2, 0.25) is 0 Å². The molecule has 132 valence electrons. The number of hydrogen-bond donors (Lipinski definition) is 0. The number of rotatable bonds is 6. The number of amides is 1. The minimum absolute atomic E-state index is 0.0789. The molecule has 1 amide bonds. The van der Waals surface area contributed by atoms with E-state index in [2.05, 4.69) is 4.98 Å². The number of pyridine rings is 1. The van der Waals surface area contributed by atoms with E-state index in [0.717, 1.165) is 37.9 Å². The number of carbonyl (C=O) groups is 1. The van der Waals surface area contributed by atoms with Crippen LogP contribution in [0.4, 0.5) is 0 Å². The summed E-state index contributed by atoms with van der Waals surface area (Å²) in [6, 6.07) is 3.93. The average molecular weight is 334 g/mol. The molecule has 1 spiro atoms. The molecule has 2 fully saturated rings. The fourth-order valence-electron chi connectivity index (χ4n) is 3.40. The van der Waals surface area contributed by atoms with Crippen LogP contribution < -0.4 is 0 Å². The SMILES string of the molecule is CCOCC(=O)N1CCC2(CC1)C[C@H](OCc1ccncc1)CO2. The summed E-state index contributed by atoms with van der Waals surface area (Å²) in [5.41, 5.74) is 1.01. The zero-order valence-corrected chi connectivity index (χ0v) is 14.3. The lowest BCUT2D eigenvalue weighted by Gasteiger charge is -2.38. The van der Waals surface area contributed by atoms with Gasteiger partial charge in [-0.05, 0) is 37.5 Å². The Balaban J connectivity index is 1.43. The standard InChI is InChI=1S/C18H26N2O4/c1-2-22-14-17(21)20-9-5-18(6-10-20)11-16(13-24-18)23-12-15-3-7-19-8-4-15/h3-4,7-8,16H,2,5-6,9-14H2,1H3/t16-/m0/s1. The molecule has 0 bridgehead atoms. The van der Waals surface area contributed by atoms with Crippen molar-refractivity contribution in [1.82, 2.24) is 9.88 Å². The van der Waals surface area contributed by atoms with Crippen molar-refractivity contribution in [3.05, 3.63) is 30.1 Å². The second-order valence-corrected chi connectivity index (χ2v) is 6.50. The summed E-state index contributed by atoms with van der Waals surface area (Å²) in [7, 11) is 0. The minimum Gasteiger partial charge on any atom is -0.372 e. The monoisotopic (exact) mass is 334 g/mol. The van der Waals surface area contributed by atoms with E-state index in [4.69, 9.17) is 14.2 Å². The predicted molar refractivity (Wildman–Crippen MR) is 88.4 cm³/mol. The van der Waals surface area contributed by atoms with Crippen LogP contribution in [0.3, 0.4) is 0 Å². The maximum absolute atomic E-state index is 12.0. The van der Waals surface area contributed by atoms with E-state index < -0.39 is 0 Å². The van der Waals surface area contributed by atoms with Crippen LogP contribution in [0.15, 0.2) is 24.5 Å². The van der Waals surface area contributed by atoms with Gasteiger partial charge in [0.1, 0.15) is 6.61 Å². The molecule has 0 radical (unpaired) electrons. The Morgan fingerprint density at radius 1 is 1.38 bits per heavy atom. The smallest absolute Gasteiger partial charge is 0.248 e. The average Bonchev–Trinajstić information content (AvgIpc) is 3.02. The number of piperidine rings is 1. The Kier molecular flexibility index (Phi) is 5.81. The second-order valence-electron chi connectivity index (χ2n) is 6.50. The van der Waals surface area contributed by atoms with Gasteiger partial charge in [0, 0.05) is 38.5 Å². The van der Waals surface area contributed by atoms with Crippen molar-refractivity contribution in [3.63, 3.8) is 0 Å². The van der Waals surface area contributed by atoms with Crippen LogP contribution >= 0.6 is 0 Å². The Bertz CT molecular complexity index is 529. The van der Waals surface area contributed by atoms with E-state index in [-0.39, 0.29) is 24.2 Å². The Labute approximate surface area is 143 Å². The fraction of sp³-hybridized carbons (Fsp3) is 0.667. The predicted octanol–water partition coefficient (Wildman–Crippen LogP) is 1.78. The molecule has 0 saturated carbocycles. The summed E-state index contributed by atoms with van der Waals surface area (Å²) in [5, 5.41) is 0. The van der Waals surface area contributed by atoms with E-state index in [0.29, 0.717) is 19.8 Å². The summed E-state index contributed by atoms with van der Waals surface area (Å²) < 4.78 is 17.3. The Hall–Kier alpha value is -1.50. The number of ether oxygens (including phenoxy) is 3. The van der Waals surface area contributed by atoms with Gasteiger partial charge in [-0.1, -0.05) is 0 Å². The quantitative estimate of drug-likeness (QED) is 0.794. The Morgan fingerprint density at radius 2 is 2.12 bits per heavy atom. The lowest BCUT2D eigenvalue weighted by atomic mass is 9.88. The van der Waals surface area contributed by atoms with Crippen molar-refractivity contribution in [2.75, 3.05) is 32.9 Å². The summed E-state index contributed by atoms with van der Waals surface area (Å²) in [6.45, 7) is 5.36. The maximum Gasteiger partial charge on any atom is 0.248 e. The number of carbonyl (C=O) groups excluding carboxylic acids is 1. The van der Waals surface area contributed by atoms with Crippen LogP contribution in [0.25, 0.3) is 0 Å². The van der Waals surface area contributed by atoms with Crippen LogP contribution in [0.1, 0.15) is 31.7 Å². The molecular weight excluding hydrogens is 308 g/mol. The normalized spacial score (nSPS) is 22.9. The fourth-order valence-corrected chi connectivity index (χ4v) is 3.40. The highest BCUT2D eigenvalue weighted by Crippen LogP contribution is 2.37. The van der Waals surface area contributed by atoms with E-state index in [9.17, 15) is 4.79 Å². The summed E-state index contributed by atoms with van der Waals surface area (Å²) in [6.07, 6.45) is 6.34. The van der Waals surface area contributed by atoms with Gasteiger partial charge in [0.15, 0.2) is 0 Å². The highest BCUT2D eigenvalue weighted by Gasteiger charge is 2.43. The van der Waals surface area contributed by atoms with Gasteiger partial charge in [-0.15, -0.1) is 0 Å². The van der Waals surface area contributed by atoms with Gasteiger partial charge >= 0.3 is 0 Å². The molecule has 0 N–H and O–H groups in total. The molecule has 1 atom stereocenters. The number of aromatic nitrogens is 1. The van der Waals surface area contributed by atoms with Crippen LogP contribution in [0, 0.1) is 0 Å². The highest BCUT2D eigenvalue weighted by atomic mass is 16.6. The molecule has 2 aliphatic heterocycles. The van der Waals surface area contributed by atoms with Gasteiger partial charge in [-0.2, -0.15) is 0 Å². The van der Waals surface area contributed by atoms with Crippen molar-refractivity contribution < 1.29 is 19.0 Å². The zero-order valence-electron chi connectivity index (χ0n) is 14.3. The first kappa shape index (κ1) is 17.3. The molecule has 24 heavy (non-hydrogen) atoms. The van der Waals surface area contributed by atoms with Gasteiger partial charge in [0.25, 0.3) is 0 Å². The first-order valence-electron chi connectivity index (χ1n) is 8.71. The molecule has 2 saturated heterocycles. The van der Waals surface area contributed by atoms with E-state index in [1.807, 2.05) is 24.0 Å². The molecule has 0 unspecified atom stereocenters. The molecule has 1 aromatic rings. The molecule has 0 aliphatic carbocycles. The first-order valence-corrected chi connectivity index (χ1v) is 8.71. The van der Waals surface area contributed by atoms with Gasteiger partial charge in [-0.3, -0.25) is 9.78 Å². The van der Waals surface area contributed by atoms with Gasteiger partial charge in [0.05, 0.1) is 24.9 Å². The first-order chi connectivity index (χ1) is 11.7. The molecule has 2 aliphatic rings. The number of nitrogens with zero attached hydrogens (tertiary/aromatic N) is 2. The Morgan fingerprint density at radius 3 is 2.83 bits per heavy atom. The van der Waals surface area contributed by atoms with Gasteiger partial charge < -0.3 is 19.1 Å². The van der Waals surface area contributed by atoms with E-state index >= 15 is 0 Å². The van der Waals surface area contributed by atoms with E-state index in [1.54, 1.807) is 12.4 Å². The minimum atomic E-state index is -0.120. The molecule has 6 heteroatoms. The molecule has 3 heterocycles. The number of hydrogen-bond acceptors (Lipinski definition) is 5. The van der Waals surface area contributed by atoms with Crippen molar-refractivity contribution in [2.24, 2.45) is 0 Å². The molecule has 1 aromatic heterocycles. The molecule has 3 rings (SSSR count).